The number of rotatable bonds is 4. The number of ether oxygens (including phenoxy) is 1. The van der Waals surface area contributed by atoms with E-state index in [9.17, 15) is 13.8 Å². The highest BCUT2D eigenvalue weighted by Gasteiger charge is 2.59. The number of aromatic nitrogens is 1. The third-order valence-electron chi connectivity index (χ3n) is 7.13. The third kappa shape index (κ3) is 5.00. The molecule has 1 aromatic heterocycles. The van der Waals surface area contributed by atoms with Crippen LogP contribution in [0.25, 0.3) is 11.1 Å². The van der Waals surface area contributed by atoms with Crippen LogP contribution in [0.1, 0.15) is 90.7 Å². The molecule has 0 saturated heterocycles. The molecule has 202 valence electrons. The van der Waals surface area contributed by atoms with Gasteiger partial charge in [0.2, 0.25) is 0 Å². The Morgan fingerprint density at radius 1 is 1.14 bits per heavy atom. The van der Waals surface area contributed by atoms with Gasteiger partial charge < -0.3 is 9.26 Å². The van der Waals surface area contributed by atoms with Gasteiger partial charge in [0.05, 0.1) is 27.1 Å². The number of hydrogen-bond donors (Lipinski definition) is 1. The van der Waals surface area contributed by atoms with Gasteiger partial charge in [0.25, 0.3) is 5.91 Å². The maximum Gasteiger partial charge on any atom is 0.421 e. The van der Waals surface area contributed by atoms with Crippen LogP contribution in [0.15, 0.2) is 22.7 Å². The van der Waals surface area contributed by atoms with Crippen molar-refractivity contribution in [1.82, 2.24) is 9.88 Å². The number of nitrogens with zero attached hydrogens (tertiary/aromatic N) is 2. The fraction of sp³-hybridized carbons (Fsp3) is 0.607. The normalized spacial score (nSPS) is 21.7. The number of benzene rings is 1. The van der Waals surface area contributed by atoms with E-state index in [1.807, 2.05) is 46.8 Å². The van der Waals surface area contributed by atoms with E-state index in [0.717, 1.165) is 53.8 Å². The van der Waals surface area contributed by atoms with Crippen LogP contribution >= 0.6 is 0 Å². The van der Waals surface area contributed by atoms with E-state index >= 15 is 0 Å². The summed E-state index contributed by atoms with van der Waals surface area (Å²) in [7, 11) is -1.58. The summed E-state index contributed by atoms with van der Waals surface area (Å²) in [6.07, 6.45) is 3.87. The molecule has 1 N–H and O–H groups in total. The Morgan fingerprint density at radius 2 is 1.78 bits per heavy atom. The monoisotopic (exact) mass is 529 g/mol. The molecular weight excluding hydrogens is 490 g/mol. The van der Waals surface area contributed by atoms with Crippen molar-refractivity contribution in [3.8, 4) is 11.1 Å². The molecule has 2 amide bonds. The van der Waals surface area contributed by atoms with Crippen LogP contribution in [0.5, 0.6) is 0 Å². The molecule has 1 aliphatic carbocycles. The van der Waals surface area contributed by atoms with E-state index in [1.165, 1.54) is 0 Å². The summed E-state index contributed by atoms with van der Waals surface area (Å²) in [5.41, 5.74) is 1.40. The van der Waals surface area contributed by atoms with E-state index < -0.39 is 38.9 Å². The maximum atomic E-state index is 14.5. The number of fused-ring (bicyclic) bond motifs is 1. The molecule has 2 atom stereocenters. The predicted octanol–water partition coefficient (Wildman–Crippen LogP) is 6.07. The van der Waals surface area contributed by atoms with E-state index in [1.54, 1.807) is 26.8 Å². The Hall–Kier alpha value is -2.52. The van der Waals surface area contributed by atoms with Crippen LogP contribution in [-0.4, -0.2) is 31.7 Å². The summed E-state index contributed by atoms with van der Waals surface area (Å²) >= 11 is 0. The lowest BCUT2D eigenvalue weighted by Crippen LogP contribution is -2.59. The van der Waals surface area contributed by atoms with Crippen LogP contribution in [-0.2, 0) is 26.1 Å². The van der Waals surface area contributed by atoms with Crippen molar-refractivity contribution in [2.45, 2.75) is 103 Å². The average Bonchev–Trinajstić information content (AvgIpc) is 3.26. The molecule has 37 heavy (non-hydrogen) atoms. The zero-order valence-corrected chi connectivity index (χ0v) is 24.0. The first-order chi connectivity index (χ1) is 17.2. The molecule has 2 aliphatic rings. The topological polar surface area (TPSA) is 102 Å². The molecule has 1 saturated carbocycles. The minimum absolute atomic E-state index is 0.133. The van der Waals surface area contributed by atoms with Gasteiger partial charge in [-0.3, -0.25) is 4.79 Å². The Bertz CT molecular complexity index is 1210. The largest absolute Gasteiger partial charge is 0.443 e. The van der Waals surface area contributed by atoms with Gasteiger partial charge in [-0.2, -0.15) is 0 Å². The van der Waals surface area contributed by atoms with Crippen molar-refractivity contribution in [2.24, 2.45) is 5.92 Å². The highest BCUT2D eigenvalue weighted by Crippen LogP contribution is 2.51. The second kappa shape index (κ2) is 9.66. The zero-order chi connectivity index (χ0) is 27.3. The minimum atomic E-state index is -1.58. The van der Waals surface area contributed by atoms with Crippen LogP contribution in [0, 0.1) is 19.8 Å². The standard InChI is InChI=1S/C28H39N3O5S/c1-17-23(18(2)36-29-17)19-14-15-22-21(16-19)28(20-12-10-9-11-13-20,30-37(34)27(6,7)8)24(32)31(22)25(33)35-26(3,4)5/h14-16,20,30H,9-13H2,1-8H3/t28?,37-/m0/s1. The van der Waals surface area contributed by atoms with Crippen molar-refractivity contribution >= 4 is 28.7 Å². The fourth-order valence-electron chi connectivity index (χ4n) is 5.40. The lowest BCUT2D eigenvalue weighted by Gasteiger charge is -2.40. The summed E-state index contributed by atoms with van der Waals surface area (Å²) in [4.78, 5) is 29.1. The SMILES string of the molecule is Cc1noc(C)c1-c1ccc2c(c1)C(N[S@@](=O)C(C)(C)C)(C1CCCCC1)C(=O)N2C(=O)OC(C)(C)C. The Balaban J connectivity index is 1.97. The molecule has 0 radical (unpaired) electrons. The van der Waals surface area contributed by atoms with Gasteiger partial charge in [0.1, 0.15) is 16.9 Å². The number of carbonyl (C=O) groups excluding carboxylic acids is 2. The Labute approximate surface area is 222 Å². The number of carbonyl (C=O) groups is 2. The van der Waals surface area contributed by atoms with E-state index in [4.69, 9.17) is 9.26 Å². The summed E-state index contributed by atoms with van der Waals surface area (Å²) < 4.78 is 27.4. The van der Waals surface area contributed by atoms with Gasteiger partial charge in [-0.05, 0) is 91.8 Å². The van der Waals surface area contributed by atoms with E-state index in [0.29, 0.717) is 17.0 Å². The summed E-state index contributed by atoms with van der Waals surface area (Å²) in [5.74, 6) is 0.101. The Kier molecular flexibility index (Phi) is 7.18. The van der Waals surface area contributed by atoms with Gasteiger partial charge in [0, 0.05) is 11.1 Å². The molecule has 1 aromatic carbocycles. The number of hydrogen-bond acceptors (Lipinski definition) is 6. The number of imide groups is 1. The third-order valence-corrected chi connectivity index (χ3v) is 8.75. The zero-order valence-electron chi connectivity index (χ0n) is 23.2. The van der Waals surface area contributed by atoms with Crippen LogP contribution in [0.2, 0.25) is 0 Å². The Morgan fingerprint density at radius 3 is 2.32 bits per heavy atom. The van der Waals surface area contributed by atoms with Crippen LogP contribution in [0.4, 0.5) is 10.5 Å². The highest BCUT2D eigenvalue weighted by molar-refractivity contribution is 7.84. The van der Waals surface area contributed by atoms with Crippen molar-refractivity contribution in [2.75, 3.05) is 4.90 Å². The lowest BCUT2D eigenvalue weighted by molar-refractivity contribution is -0.126. The first kappa shape index (κ1) is 27.5. The van der Waals surface area contributed by atoms with Gasteiger partial charge in [-0.15, -0.1) is 0 Å². The summed E-state index contributed by atoms with van der Waals surface area (Å²) in [6, 6.07) is 5.59. The molecule has 1 unspecified atom stereocenters. The predicted molar refractivity (Wildman–Crippen MR) is 144 cm³/mol. The number of anilines is 1. The van der Waals surface area contributed by atoms with Crippen LogP contribution < -0.4 is 9.62 Å². The van der Waals surface area contributed by atoms with Gasteiger partial charge in [-0.1, -0.05) is 30.5 Å². The number of nitrogens with one attached hydrogen (secondary N) is 1. The van der Waals surface area contributed by atoms with Crippen molar-refractivity contribution < 1.29 is 23.1 Å². The maximum absolute atomic E-state index is 14.5. The fourth-order valence-corrected chi connectivity index (χ4v) is 6.36. The van der Waals surface area contributed by atoms with Crippen LogP contribution in [0.3, 0.4) is 0 Å². The molecule has 2 heterocycles. The number of aryl methyl sites for hydroxylation is 2. The van der Waals surface area contributed by atoms with E-state index in [-0.39, 0.29) is 5.92 Å². The second-order valence-electron chi connectivity index (χ2n) is 12.2. The minimum Gasteiger partial charge on any atom is -0.443 e. The van der Waals surface area contributed by atoms with Gasteiger partial charge in [0.15, 0.2) is 0 Å². The molecule has 0 bridgehead atoms. The molecule has 1 fully saturated rings. The smallest absolute Gasteiger partial charge is 0.421 e. The lowest BCUT2D eigenvalue weighted by atomic mass is 9.71. The molecule has 2 aromatic rings. The number of amides is 2. The first-order valence-electron chi connectivity index (χ1n) is 13.0. The molecule has 8 nitrogen and oxygen atoms in total. The van der Waals surface area contributed by atoms with E-state index in [2.05, 4.69) is 9.88 Å². The van der Waals surface area contributed by atoms with Crippen molar-refractivity contribution in [1.29, 1.82) is 0 Å². The van der Waals surface area contributed by atoms with Crippen molar-refractivity contribution in [3.63, 3.8) is 0 Å². The second-order valence-corrected chi connectivity index (χ2v) is 14.1. The van der Waals surface area contributed by atoms with Gasteiger partial charge >= 0.3 is 6.09 Å². The summed E-state index contributed by atoms with van der Waals surface area (Å²) in [5, 5.41) is 4.10. The molecule has 1 aliphatic heterocycles. The first-order valence-corrected chi connectivity index (χ1v) is 14.2. The highest BCUT2D eigenvalue weighted by atomic mass is 32.2. The molecular formula is C28H39N3O5S. The molecule has 4 rings (SSSR count). The average molecular weight is 530 g/mol. The quantitative estimate of drug-likeness (QED) is 0.516. The molecule has 9 heteroatoms. The summed E-state index contributed by atoms with van der Waals surface area (Å²) in [6.45, 7) is 14.7. The van der Waals surface area contributed by atoms with Crippen molar-refractivity contribution in [3.05, 3.63) is 35.2 Å². The molecule has 0 spiro atoms. The van der Waals surface area contributed by atoms with Gasteiger partial charge in [-0.25, -0.2) is 18.6 Å².